The van der Waals surface area contributed by atoms with Crippen LogP contribution in [0.1, 0.15) is 29.3 Å². The molecule has 0 radical (unpaired) electrons. The van der Waals surface area contributed by atoms with Crippen molar-refractivity contribution in [1.82, 2.24) is 9.97 Å². The predicted octanol–water partition coefficient (Wildman–Crippen LogP) is 4.09. The first-order valence-electron chi connectivity index (χ1n) is 8.36. The van der Waals surface area contributed by atoms with Crippen molar-refractivity contribution in [3.8, 4) is 11.8 Å². The molecule has 0 saturated heterocycles. The van der Waals surface area contributed by atoms with E-state index in [1.54, 1.807) is 26.2 Å². The highest BCUT2D eigenvalue weighted by Gasteiger charge is 2.33. The smallest absolute Gasteiger partial charge is 0.131 e. The summed E-state index contributed by atoms with van der Waals surface area (Å²) in [4.78, 5) is 6.50. The number of aliphatic hydroxyl groups is 1. The molecule has 0 aliphatic carbocycles. The lowest BCUT2D eigenvalue weighted by molar-refractivity contribution is 0.0967. The molecule has 0 amide bonds. The quantitative estimate of drug-likeness (QED) is 0.523. The Bertz CT molecular complexity index is 1180. The number of hydrogen-bond donors (Lipinski definition) is 3. The molecule has 0 aliphatic rings. The maximum absolute atomic E-state index is 11.5. The van der Waals surface area contributed by atoms with Crippen LogP contribution >= 0.6 is 0 Å². The molecule has 0 saturated carbocycles. The third kappa shape index (κ3) is 2.27. The SMILES string of the molecule is COc1cc(C)c2[nH]ccc2c1C(C)(O)c1cc2ccc(C#N)cc2[nH]1. The highest BCUT2D eigenvalue weighted by atomic mass is 16.5. The normalized spacial score (nSPS) is 13.7. The van der Waals surface area contributed by atoms with Crippen molar-refractivity contribution < 1.29 is 9.84 Å². The van der Waals surface area contributed by atoms with Crippen LogP contribution in [0.3, 0.4) is 0 Å². The van der Waals surface area contributed by atoms with Crippen LogP contribution in [-0.4, -0.2) is 22.2 Å². The second-order valence-corrected chi connectivity index (χ2v) is 6.71. The van der Waals surface area contributed by atoms with Crippen LogP contribution in [0.5, 0.6) is 5.75 Å². The van der Waals surface area contributed by atoms with Crippen LogP contribution in [-0.2, 0) is 5.60 Å². The number of rotatable bonds is 3. The zero-order valence-electron chi connectivity index (χ0n) is 14.8. The highest BCUT2D eigenvalue weighted by Crippen LogP contribution is 2.41. The topological polar surface area (TPSA) is 84.8 Å². The van der Waals surface area contributed by atoms with E-state index in [0.29, 0.717) is 22.6 Å². The average Bonchev–Trinajstić information content (AvgIpc) is 3.27. The number of methoxy groups -OCH3 is 1. The van der Waals surface area contributed by atoms with Gasteiger partial charge in [0.15, 0.2) is 0 Å². The second-order valence-electron chi connectivity index (χ2n) is 6.71. The Morgan fingerprint density at radius 3 is 2.73 bits per heavy atom. The molecule has 1 atom stereocenters. The summed E-state index contributed by atoms with van der Waals surface area (Å²) in [6, 6.07) is 13.4. The van der Waals surface area contributed by atoms with Gasteiger partial charge < -0.3 is 19.8 Å². The molecular weight excluding hydrogens is 326 g/mol. The fraction of sp³-hybridized carbons (Fsp3) is 0.190. The van der Waals surface area contributed by atoms with E-state index < -0.39 is 5.60 Å². The number of benzene rings is 2. The number of hydrogen-bond acceptors (Lipinski definition) is 3. The van der Waals surface area contributed by atoms with Gasteiger partial charge in [-0.1, -0.05) is 6.07 Å². The van der Waals surface area contributed by atoms with Crippen molar-refractivity contribution in [3.63, 3.8) is 0 Å². The van der Waals surface area contributed by atoms with Crippen molar-refractivity contribution >= 4 is 21.8 Å². The first-order valence-corrected chi connectivity index (χ1v) is 8.36. The molecule has 5 nitrogen and oxygen atoms in total. The Morgan fingerprint density at radius 2 is 2.00 bits per heavy atom. The van der Waals surface area contributed by atoms with Crippen LogP contribution in [0.4, 0.5) is 0 Å². The number of ether oxygens (including phenoxy) is 1. The van der Waals surface area contributed by atoms with E-state index in [0.717, 1.165) is 27.4 Å². The molecule has 1 unspecified atom stereocenters. The second kappa shape index (κ2) is 5.65. The third-order valence-corrected chi connectivity index (χ3v) is 4.99. The Balaban J connectivity index is 1.97. The van der Waals surface area contributed by atoms with Crippen molar-refractivity contribution in [3.05, 3.63) is 65.0 Å². The lowest BCUT2D eigenvalue weighted by atomic mass is 9.88. The van der Waals surface area contributed by atoms with E-state index in [2.05, 4.69) is 16.0 Å². The molecule has 130 valence electrons. The highest BCUT2D eigenvalue weighted by molar-refractivity contribution is 5.90. The van der Waals surface area contributed by atoms with E-state index in [1.165, 1.54) is 0 Å². The maximum Gasteiger partial charge on any atom is 0.131 e. The molecule has 0 aliphatic heterocycles. The minimum atomic E-state index is -1.30. The van der Waals surface area contributed by atoms with Gasteiger partial charge in [-0.2, -0.15) is 5.26 Å². The number of H-pyrrole nitrogens is 2. The predicted molar refractivity (Wildman–Crippen MR) is 101 cm³/mol. The van der Waals surface area contributed by atoms with Crippen LogP contribution in [0, 0.1) is 18.3 Å². The Labute approximate surface area is 150 Å². The number of aryl methyl sites for hydroxylation is 1. The van der Waals surface area contributed by atoms with Gasteiger partial charge in [0.2, 0.25) is 0 Å². The van der Waals surface area contributed by atoms with Gasteiger partial charge in [0.25, 0.3) is 0 Å². The van der Waals surface area contributed by atoms with Crippen molar-refractivity contribution in [2.24, 2.45) is 0 Å². The molecule has 4 rings (SSSR count). The van der Waals surface area contributed by atoms with Crippen molar-refractivity contribution in [2.75, 3.05) is 7.11 Å². The zero-order chi connectivity index (χ0) is 18.5. The van der Waals surface area contributed by atoms with Crippen LogP contribution < -0.4 is 4.74 Å². The monoisotopic (exact) mass is 345 g/mol. The van der Waals surface area contributed by atoms with E-state index in [-0.39, 0.29) is 0 Å². The number of nitrogens with zero attached hydrogens (tertiary/aromatic N) is 1. The Kier molecular flexibility index (Phi) is 3.53. The first kappa shape index (κ1) is 16.2. The number of nitriles is 1. The lowest BCUT2D eigenvalue weighted by Gasteiger charge is -2.26. The van der Waals surface area contributed by atoms with Gasteiger partial charge >= 0.3 is 0 Å². The largest absolute Gasteiger partial charge is 0.496 e. The minimum absolute atomic E-state index is 0.575. The van der Waals surface area contributed by atoms with E-state index in [9.17, 15) is 5.11 Å². The maximum atomic E-state index is 11.5. The van der Waals surface area contributed by atoms with Gasteiger partial charge in [-0.05, 0) is 55.1 Å². The van der Waals surface area contributed by atoms with E-state index >= 15 is 0 Å². The fourth-order valence-corrected chi connectivity index (χ4v) is 3.63. The number of fused-ring (bicyclic) bond motifs is 2. The van der Waals surface area contributed by atoms with Crippen LogP contribution in [0.25, 0.3) is 21.8 Å². The molecule has 2 heterocycles. The summed E-state index contributed by atoms with van der Waals surface area (Å²) in [5.41, 5.74) is 3.47. The lowest BCUT2D eigenvalue weighted by Crippen LogP contribution is -2.24. The van der Waals surface area contributed by atoms with Crippen molar-refractivity contribution in [1.29, 1.82) is 5.26 Å². The molecule has 3 N–H and O–H groups in total. The molecule has 4 aromatic rings. The van der Waals surface area contributed by atoms with E-state index in [4.69, 9.17) is 10.00 Å². The summed E-state index contributed by atoms with van der Waals surface area (Å²) < 4.78 is 5.59. The Morgan fingerprint density at radius 1 is 1.19 bits per heavy atom. The number of nitrogens with one attached hydrogen (secondary N) is 2. The fourth-order valence-electron chi connectivity index (χ4n) is 3.63. The van der Waals surface area contributed by atoms with Gasteiger partial charge in [-0.15, -0.1) is 0 Å². The summed E-state index contributed by atoms with van der Waals surface area (Å²) in [7, 11) is 1.61. The average molecular weight is 345 g/mol. The first-order chi connectivity index (χ1) is 12.5. The summed E-state index contributed by atoms with van der Waals surface area (Å²) in [5.74, 6) is 0.635. The van der Waals surface area contributed by atoms with Gasteiger partial charge in [0.05, 0.1) is 24.4 Å². The molecule has 0 bridgehead atoms. The molecule has 2 aromatic carbocycles. The zero-order valence-corrected chi connectivity index (χ0v) is 14.8. The molecule has 5 heteroatoms. The molecule has 26 heavy (non-hydrogen) atoms. The van der Waals surface area contributed by atoms with Crippen LogP contribution in [0.15, 0.2) is 42.6 Å². The summed E-state index contributed by atoms with van der Waals surface area (Å²) >= 11 is 0. The van der Waals surface area contributed by atoms with Crippen LogP contribution in [0.2, 0.25) is 0 Å². The van der Waals surface area contributed by atoms with Gasteiger partial charge in [-0.25, -0.2) is 0 Å². The van der Waals surface area contributed by atoms with E-state index in [1.807, 2.05) is 37.4 Å². The van der Waals surface area contributed by atoms with Crippen molar-refractivity contribution in [2.45, 2.75) is 19.4 Å². The minimum Gasteiger partial charge on any atom is -0.496 e. The summed E-state index contributed by atoms with van der Waals surface area (Å²) in [5, 5.41) is 22.5. The molecule has 2 aromatic heterocycles. The van der Waals surface area contributed by atoms with Gasteiger partial charge in [0, 0.05) is 28.2 Å². The summed E-state index contributed by atoms with van der Waals surface area (Å²) in [6.07, 6.45) is 1.86. The number of aromatic nitrogens is 2. The molecule has 0 spiro atoms. The third-order valence-electron chi connectivity index (χ3n) is 4.99. The Hall–Kier alpha value is -3.23. The molecule has 0 fully saturated rings. The van der Waals surface area contributed by atoms with Gasteiger partial charge in [-0.3, -0.25) is 0 Å². The van der Waals surface area contributed by atoms with Gasteiger partial charge in [0.1, 0.15) is 11.4 Å². The number of aromatic amines is 2. The molecular formula is C21H19N3O2. The standard InChI is InChI=1S/C21H19N3O2/c1-12-8-17(26-3)19(15-6-7-23-20(12)15)21(2,25)18-10-14-5-4-13(11-22)9-16(14)24-18/h4-10,23-25H,1-3H3. The summed E-state index contributed by atoms with van der Waals surface area (Å²) in [6.45, 7) is 3.76.